The molecular formula is C20H17Cl2F3N2O3. The lowest BCUT2D eigenvalue weighted by molar-refractivity contribution is -0.269. The molecule has 1 aliphatic heterocycles. The highest BCUT2D eigenvalue weighted by Gasteiger charge is 2.59. The van der Waals surface area contributed by atoms with Crippen molar-refractivity contribution in [1.82, 2.24) is 10.8 Å². The van der Waals surface area contributed by atoms with Crippen LogP contribution >= 0.6 is 23.2 Å². The lowest BCUT2D eigenvalue weighted by Crippen LogP contribution is -2.42. The number of benzene rings is 2. The van der Waals surface area contributed by atoms with E-state index < -0.39 is 11.8 Å². The maximum atomic E-state index is 14.0. The standard InChI is InChI=1S/C20H17Cl2F3N2O3/c1-29-11-18(28)26-10-12-2-4-13(5-3-12)17-9-19(30-27-17,20(23,24)25)14-6-15(21)8-16(22)7-14/h2-9,27H,10-11H2,1H3,(H,26,28). The molecule has 1 heterocycles. The van der Waals surface area contributed by atoms with Crippen LogP contribution in [0.25, 0.3) is 5.70 Å². The SMILES string of the molecule is COCC(=O)NCc1ccc(C2=CC(c3cc(Cl)cc(Cl)c3)(C(F)(F)F)ON2)cc1. The van der Waals surface area contributed by atoms with Crippen LogP contribution < -0.4 is 10.8 Å². The number of hydrogen-bond acceptors (Lipinski definition) is 4. The Kier molecular flexibility index (Phi) is 6.62. The minimum atomic E-state index is -4.78. The fourth-order valence-electron chi connectivity index (χ4n) is 2.94. The van der Waals surface area contributed by atoms with Crippen LogP contribution in [0.4, 0.5) is 13.2 Å². The molecule has 2 aromatic rings. The van der Waals surface area contributed by atoms with Crippen LogP contribution in [-0.2, 0) is 26.5 Å². The van der Waals surface area contributed by atoms with Gasteiger partial charge in [-0.05, 0) is 35.4 Å². The van der Waals surface area contributed by atoms with E-state index in [1.54, 1.807) is 24.3 Å². The molecule has 5 nitrogen and oxygen atoms in total. The normalized spacial score (nSPS) is 18.7. The molecule has 0 saturated heterocycles. The van der Waals surface area contributed by atoms with Crippen molar-refractivity contribution in [1.29, 1.82) is 0 Å². The summed E-state index contributed by atoms with van der Waals surface area (Å²) in [6.45, 7) is 0.207. The summed E-state index contributed by atoms with van der Waals surface area (Å²) in [6, 6.07) is 10.3. The zero-order valence-electron chi connectivity index (χ0n) is 15.6. The lowest BCUT2D eigenvalue weighted by atomic mass is 9.91. The average Bonchev–Trinajstić information content (AvgIpc) is 3.13. The number of halogens is 5. The van der Waals surface area contributed by atoms with Gasteiger partial charge in [-0.15, -0.1) is 0 Å². The monoisotopic (exact) mass is 460 g/mol. The number of rotatable bonds is 6. The number of nitrogens with one attached hydrogen (secondary N) is 2. The number of hydroxylamine groups is 1. The van der Waals surface area contributed by atoms with Gasteiger partial charge >= 0.3 is 6.18 Å². The number of methoxy groups -OCH3 is 1. The summed E-state index contributed by atoms with van der Waals surface area (Å²) in [4.78, 5) is 16.5. The van der Waals surface area contributed by atoms with Gasteiger partial charge in [0.1, 0.15) is 6.61 Å². The van der Waals surface area contributed by atoms with Crippen LogP contribution in [0.15, 0.2) is 48.5 Å². The molecular weight excluding hydrogens is 444 g/mol. The Labute approximate surface area is 180 Å². The third kappa shape index (κ3) is 4.73. The Bertz CT molecular complexity index is 945. The van der Waals surface area contributed by atoms with E-state index in [0.29, 0.717) is 5.56 Å². The first-order chi connectivity index (χ1) is 14.1. The van der Waals surface area contributed by atoms with Crippen LogP contribution in [0, 0.1) is 0 Å². The fraction of sp³-hybridized carbons (Fsp3) is 0.250. The summed E-state index contributed by atoms with van der Waals surface area (Å²) in [5.74, 6) is -0.273. The van der Waals surface area contributed by atoms with E-state index in [1.165, 1.54) is 13.2 Å². The van der Waals surface area contributed by atoms with Crippen molar-refractivity contribution in [2.75, 3.05) is 13.7 Å². The molecule has 0 spiro atoms. The van der Waals surface area contributed by atoms with Crippen LogP contribution in [0.3, 0.4) is 0 Å². The van der Waals surface area contributed by atoms with Crippen LogP contribution in [0.2, 0.25) is 10.0 Å². The molecule has 0 fully saturated rings. The van der Waals surface area contributed by atoms with Gasteiger partial charge < -0.3 is 10.1 Å². The van der Waals surface area contributed by atoms with E-state index >= 15 is 0 Å². The van der Waals surface area contributed by atoms with Crippen LogP contribution in [0.1, 0.15) is 16.7 Å². The molecule has 1 atom stereocenters. The third-order valence-corrected chi connectivity index (χ3v) is 4.85. The zero-order valence-corrected chi connectivity index (χ0v) is 17.2. The Morgan fingerprint density at radius 1 is 1.17 bits per heavy atom. The van der Waals surface area contributed by atoms with Crippen molar-refractivity contribution in [3.8, 4) is 0 Å². The molecule has 3 rings (SSSR count). The van der Waals surface area contributed by atoms with Gasteiger partial charge in [-0.2, -0.15) is 13.2 Å². The number of hydrogen-bond donors (Lipinski definition) is 2. The Morgan fingerprint density at radius 3 is 2.37 bits per heavy atom. The predicted molar refractivity (Wildman–Crippen MR) is 107 cm³/mol. The smallest absolute Gasteiger partial charge is 0.375 e. The van der Waals surface area contributed by atoms with Crippen LogP contribution in [0.5, 0.6) is 0 Å². The van der Waals surface area contributed by atoms with Crippen molar-refractivity contribution in [3.05, 3.63) is 75.3 Å². The molecule has 0 saturated carbocycles. The highest BCUT2D eigenvalue weighted by Crippen LogP contribution is 2.48. The third-order valence-electron chi connectivity index (χ3n) is 4.41. The maximum Gasteiger partial charge on any atom is 0.428 e. The Balaban J connectivity index is 1.87. The number of carbonyl (C=O) groups is 1. The van der Waals surface area contributed by atoms with Gasteiger partial charge in [0, 0.05) is 29.3 Å². The molecule has 0 aliphatic carbocycles. The van der Waals surface area contributed by atoms with Gasteiger partial charge in [-0.25, -0.2) is 0 Å². The second-order valence-electron chi connectivity index (χ2n) is 6.56. The van der Waals surface area contributed by atoms with Gasteiger partial charge in [0.25, 0.3) is 0 Å². The number of amides is 1. The molecule has 0 aromatic heterocycles. The van der Waals surface area contributed by atoms with Crippen molar-refractivity contribution in [2.45, 2.75) is 18.3 Å². The molecule has 1 aliphatic rings. The summed E-state index contributed by atoms with van der Waals surface area (Å²) >= 11 is 11.8. The molecule has 1 unspecified atom stereocenters. The van der Waals surface area contributed by atoms with Crippen LogP contribution in [-0.4, -0.2) is 25.8 Å². The summed E-state index contributed by atoms with van der Waals surface area (Å²) < 4.78 is 46.8. The average molecular weight is 461 g/mol. The van der Waals surface area contributed by atoms with Gasteiger partial charge in [0.05, 0.1) is 5.70 Å². The first-order valence-electron chi connectivity index (χ1n) is 8.70. The van der Waals surface area contributed by atoms with Crippen molar-refractivity contribution < 1.29 is 27.5 Å². The largest absolute Gasteiger partial charge is 0.428 e. The van der Waals surface area contributed by atoms with Crippen molar-refractivity contribution in [3.63, 3.8) is 0 Å². The number of alkyl halides is 3. The van der Waals surface area contributed by atoms with Gasteiger partial charge in [0.2, 0.25) is 11.5 Å². The predicted octanol–water partition coefficient (Wildman–Crippen LogP) is 4.59. The van der Waals surface area contributed by atoms with Gasteiger partial charge in [-0.3, -0.25) is 15.1 Å². The van der Waals surface area contributed by atoms with E-state index in [9.17, 15) is 18.0 Å². The first kappa shape index (κ1) is 22.4. The summed E-state index contributed by atoms with van der Waals surface area (Å²) in [7, 11) is 1.41. The van der Waals surface area contributed by atoms with E-state index in [2.05, 4.69) is 10.8 Å². The quantitative estimate of drug-likeness (QED) is 0.661. The molecule has 2 aromatic carbocycles. The Morgan fingerprint density at radius 2 is 1.80 bits per heavy atom. The molecule has 1 amide bonds. The number of carbonyl (C=O) groups excluding carboxylic acids is 1. The highest BCUT2D eigenvalue weighted by molar-refractivity contribution is 6.34. The van der Waals surface area contributed by atoms with E-state index in [0.717, 1.165) is 23.8 Å². The second kappa shape index (κ2) is 8.85. The second-order valence-corrected chi connectivity index (χ2v) is 7.43. The molecule has 30 heavy (non-hydrogen) atoms. The van der Waals surface area contributed by atoms with Gasteiger partial charge in [0.15, 0.2) is 0 Å². The summed E-state index contributed by atoms with van der Waals surface area (Å²) in [6.07, 6.45) is -3.83. The van der Waals surface area contributed by atoms with E-state index in [4.69, 9.17) is 32.8 Å². The Hall–Kier alpha value is -2.26. The topological polar surface area (TPSA) is 59.6 Å². The van der Waals surface area contributed by atoms with Crippen molar-refractivity contribution in [2.24, 2.45) is 0 Å². The van der Waals surface area contributed by atoms with Crippen molar-refractivity contribution >= 4 is 34.8 Å². The lowest BCUT2D eigenvalue weighted by Gasteiger charge is -2.28. The molecule has 0 radical (unpaired) electrons. The van der Waals surface area contributed by atoms with Gasteiger partial charge in [-0.1, -0.05) is 47.5 Å². The molecule has 10 heteroatoms. The minimum absolute atomic E-state index is 0.0563. The van der Waals surface area contributed by atoms with E-state index in [-0.39, 0.29) is 40.4 Å². The fourth-order valence-corrected chi connectivity index (χ4v) is 3.46. The maximum absolute atomic E-state index is 14.0. The summed E-state index contributed by atoms with van der Waals surface area (Å²) in [5.41, 5.74) is 0.754. The summed E-state index contributed by atoms with van der Waals surface area (Å²) in [5, 5.41) is 2.78. The van der Waals surface area contributed by atoms with E-state index in [1.807, 2.05) is 0 Å². The molecule has 160 valence electrons. The zero-order chi connectivity index (χ0) is 21.9. The minimum Gasteiger partial charge on any atom is -0.375 e. The highest BCUT2D eigenvalue weighted by atomic mass is 35.5. The molecule has 2 N–H and O–H groups in total. The number of ether oxygens (including phenoxy) is 1. The first-order valence-corrected chi connectivity index (χ1v) is 9.45. The molecule has 0 bridgehead atoms.